The molecule has 1 aliphatic heterocycles. The fraction of sp³-hybridized carbons (Fsp3) is 0.0476. The lowest BCUT2D eigenvalue weighted by molar-refractivity contribution is 0.668. The lowest BCUT2D eigenvalue weighted by Gasteiger charge is -2.21. The van der Waals surface area contributed by atoms with E-state index in [0.717, 1.165) is 105 Å². The van der Waals surface area contributed by atoms with Crippen LogP contribution in [0.25, 0.3) is 120 Å². The molecule has 1 aliphatic rings. The normalized spacial score (nSPS) is 15.6. The van der Waals surface area contributed by atoms with Crippen molar-refractivity contribution in [3.05, 3.63) is 217 Å². The summed E-state index contributed by atoms with van der Waals surface area (Å²) in [5.74, 6) is 0.553. The standard InChI is InChI=1S/C63H40N4O2/c1-37-26-30-51(41-27-29-47-46-20-8-12-24-56(46)68-58(47)34-41)64-63(67-52-22-10-6-18-44(52)45-19-7-11-23-53(45)67)65-62(37)50-35-42(36-59-61(50)48-21-9-13-25-57(48)69-59)66-54-31-28-38-14-4-5-17-43(38)60(54)49-32-39-15-2-3-16-40(39)33-55(49)66/h2-25,27-37H,26H2,1H3/b51-30+,64-63?,65-62?. The van der Waals surface area contributed by atoms with Gasteiger partial charge in [-0.15, -0.1) is 0 Å². The van der Waals surface area contributed by atoms with Gasteiger partial charge in [-0.25, -0.2) is 9.98 Å². The SMILES string of the molecule is CC1C/C=C(\c2ccc3c(c2)oc2ccccc23)N=C(n2c3ccccc3c3ccccc32)N=C1c1cc(-n2c3cc4ccccc4cc3c3c4ccccc4ccc32)cc2oc3ccccc3c12. The number of hydrogen-bond donors (Lipinski definition) is 0. The summed E-state index contributed by atoms with van der Waals surface area (Å²) in [6.07, 6.45) is 2.99. The maximum atomic E-state index is 6.90. The lowest BCUT2D eigenvalue weighted by atomic mass is 9.90. The second kappa shape index (κ2) is 14.5. The number of para-hydroxylation sites is 4. The van der Waals surface area contributed by atoms with Crippen LogP contribution in [-0.4, -0.2) is 20.8 Å². The van der Waals surface area contributed by atoms with Crippen LogP contribution in [0.15, 0.2) is 225 Å². The maximum absolute atomic E-state index is 6.90. The molecule has 0 spiro atoms. The molecule has 0 bridgehead atoms. The fourth-order valence-corrected chi connectivity index (χ4v) is 11.3. The van der Waals surface area contributed by atoms with E-state index in [4.69, 9.17) is 18.8 Å². The van der Waals surface area contributed by atoms with E-state index in [1.54, 1.807) is 0 Å². The molecular formula is C63H40N4O2. The second-order valence-corrected chi connectivity index (χ2v) is 18.5. The lowest BCUT2D eigenvalue weighted by Crippen LogP contribution is -2.20. The molecule has 0 N–H and O–H groups in total. The van der Waals surface area contributed by atoms with Gasteiger partial charge in [0.05, 0.1) is 39.2 Å². The number of rotatable bonds is 3. The number of fused-ring (bicyclic) bond motifs is 15. The van der Waals surface area contributed by atoms with Crippen LogP contribution in [-0.2, 0) is 0 Å². The van der Waals surface area contributed by atoms with Crippen LogP contribution >= 0.6 is 0 Å². The molecule has 0 amide bonds. The van der Waals surface area contributed by atoms with Gasteiger partial charge in [0.1, 0.15) is 22.3 Å². The minimum atomic E-state index is -0.0355. The number of nitrogens with zero attached hydrogens (tertiary/aromatic N) is 4. The van der Waals surface area contributed by atoms with Crippen LogP contribution in [0.5, 0.6) is 0 Å². The van der Waals surface area contributed by atoms with Gasteiger partial charge in [-0.2, -0.15) is 0 Å². The first-order valence-electron chi connectivity index (χ1n) is 23.7. The van der Waals surface area contributed by atoms with E-state index in [-0.39, 0.29) is 5.92 Å². The Morgan fingerprint density at radius 1 is 0.420 bits per heavy atom. The summed E-state index contributed by atoms with van der Waals surface area (Å²) in [4.78, 5) is 11.5. The molecule has 1 unspecified atom stereocenters. The minimum absolute atomic E-state index is 0.0355. The first kappa shape index (κ1) is 38.1. The molecule has 1 atom stereocenters. The third-order valence-corrected chi connectivity index (χ3v) is 14.5. The van der Waals surface area contributed by atoms with Crippen molar-refractivity contribution in [3.8, 4) is 5.69 Å². The van der Waals surface area contributed by atoms with Gasteiger partial charge in [0, 0.05) is 66.2 Å². The maximum Gasteiger partial charge on any atom is 0.235 e. The van der Waals surface area contributed by atoms with E-state index in [0.29, 0.717) is 12.4 Å². The zero-order chi connectivity index (χ0) is 45.3. The van der Waals surface area contributed by atoms with Crippen molar-refractivity contribution in [1.29, 1.82) is 0 Å². The Kier molecular flexibility index (Phi) is 8.01. The van der Waals surface area contributed by atoms with E-state index in [9.17, 15) is 0 Å². The Balaban J connectivity index is 1.03. The third-order valence-electron chi connectivity index (χ3n) is 14.5. The van der Waals surface area contributed by atoms with Gasteiger partial charge >= 0.3 is 0 Å². The molecule has 15 rings (SSSR count). The Hall–Kier alpha value is -9.00. The summed E-state index contributed by atoms with van der Waals surface area (Å²) >= 11 is 0. The van der Waals surface area contributed by atoms with E-state index in [1.165, 1.54) is 32.3 Å². The molecular weight excluding hydrogens is 845 g/mol. The average Bonchev–Trinajstić information content (AvgIpc) is 4.14. The van der Waals surface area contributed by atoms with Crippen LogP contribution < -0.4 is 0 Å². The highest BCUT2D eigenvalue weighted by molar-refractivity contribution is 6.26. The monoisotopic (exact) mass is 884 g/mol. The Morgan fingerprint density at radius 3 is 1.83 bits per heavy atom. The molecule has 6 heteroatoms. The van der Waals surface area contributed by atoms with Gasteiger partial charge in [-0.3, -0.25) is 4.57 Å². The molecule has 6 nitrogen and oxygen atoms in total. The zero-order valence-electron chi connectivity index (χ0n) is 37.5. The molecule has 0 saturated carbocycles. The Labute approximate surface area is 394 Å². The summed E-state index contributed by atoms with van der Waals surface area (Å²) in [5.41, 5.74) is 12.5. The number of benzene rings is 10. The summed E-state index contributed by atoms with van der Waals surface area (Å²) in [5, 5.41) is 13.9. The number of furan rings is 2. The third kappa shape index (κ3) is 5.66. The largest absolute Gasteiger partial charge is 0.456 e. The van der Waals surface area contributed by atoms with Crippen molar-refractivity contribution < 1.29 is 8.83 Å². The molecule has 14 aromatic rings. The van der Waals surface area contributed by atoms with E-state index < -0.39 is 0 Å². The molecule has 0 radical (unpaired) electrons. The number of hydrogen-bond acceptors (Lipinski definition) is 4. The smallest absolute Gasteiger partial charge is 0.235 e. The van der Waals surface area contributed by atoms with Gasteiger partial charge in [0.15, 0.2) is 0 Å². The van der Waals surface area contributed by atoms with Gasteiger partial charge in [-0.1, -0.05) is 146 Å². The highest BCUT2D eigenvalue weighted by Gasteiger charge is 2.27. The van der Waals surface area contributed by atoms with Crippen LogP contribution in [0.1, 0.15) is 24.5 Å². The predicted molar refractivity (Wildman–Crippen MR) is 287 cm³/mol. The van der Waals surface area contributed by atoms with Crippen molar-refractivity contribution in [1.82, 2.24) is 9.13 Å². The topological polar surface area (TPSA) is 60.9 Å². The van der Waals surface area contributed by atoms with Crippen LogP contribution in [0, 0.1) is 5.92 Å². The quantitative estimate of drug-likeness (QED) is 0.177. The molecule has 10 aromatic carbocycles. The summed E-state index contributed by atoms with van der Waals surface area (Å²) < 4.78 is 18.0. The van der Waals surface area contributed by atoms with Gasteiger partial charge in [0.2, 0.25) is 5.96 Å². The highest BCUT2D eigenvalue weighted by atomic mass is 16.3. The second-order valence-electron chi connectivity index (χ2n) is 18.5. The molecule has 0 aliphatic carbocycles. The van der Waals surface area contributed by atoms with Crippen molar-refractivity contribution in [2.75, 3.05) is 0 Å². The first-order valence-corrected chi connectivity index (χ1v) is 23.7. The van der Waals surface area contributed by atoms with Crippen molar-refractivity contribution >= 4 is 126 Å². The summed E-state index contributed by atoms with van der Waals surface area (Å²) in [6.45, 7) is 2.30. The molecule has 324 valence electrons. The predicted octanol–water partition coefficient (Wildman–Crippen LogP) is 16.8. The Bertz CT molecular complexity index is 4560. The molecule has 4 aromatic heterocycles. The zero-order valence-corrected chi connectivity index (χ0v) is 37.5. The van der Waals surface area contributed by atoms with Crippen LogP contribution in [0.2, 0.25) is 0 Å². The molecule has 69 heavy (non-hydrogen) atoms. The average molecular weight is 885 g/mol. The summed E-state index contributed by atoms with van der Waals surface area (Å²) in [7, 11) is 0. The summed E-state index contributed by atoms with van der Waals surface area (Å²) in [6, 6.07) is 71.4. The number of aromatic nitrogens is 2. The van der Waals surface area contributed by atoms with Crippen LogP contribution in [0.4, 0.5) is 0 Å². The van der Waals surface area contributed by atoms with E-state index >= 15 is 0 Å². The van der Waals surface area contributed by atoms with Crippen molar-refractivity contribution in [3.63, 3.8) is 0 Å². The van der Waals surface area contributed by atoms with Gasteiger partial charge < -0.3 is 13.4 Å². The van der Waals surface area contributed by atoms with E-state index in [2.05, 4.69) is 204 Å². The van der Waals surface area contributed by atoms with Crippen molar-refractivity contribution in [2.45, 2.75) is 13.3 Å². The molecule has 0 fully saturated rings. The molecule has 0 saturated heterocycles. The first-order chi connectivity index (χ1) is 34.1. The van der Waals surface area contributed by atoms with Crippen molar-refractivity contribution in [2.24, 2.45) is 15.9 Å². The van der Waals surface area contributed by atoms with E-state index in [1.807, 2.05) is 18.2 Å². The number of aliphatic imine (C=N–C) groups is 2. The van der Waals surface area contributed by atoms with Gasteiger partial charge in [0.25, 0.3) is 0 Å². The van der Waals surface area contributed by atoms with Crippen LogP contribution in [0.3, 0.4) is 0 Å². The highest BCUT2D eigenvalue weighted by Crippen LogP contribution is 2.43. The molecule has 5 heterocycles. The number of allylic oxidation sites excluding steroid dienone is 1. The fourth-order valence-electron chi connectivity index (χ4n) is 11.3. The Morgan fingerprint density at radius 2 is 1.04 bits per heavy atom. The van der Waals surface area contributed by atoms with Gasteiger partial charge in [-0.05, 0) is 88.6 Å². The minimum Gasteiger partial charge on any atom is -0.456 e.